The largest absolute Gasteiger partial charge is 0.477 e. The summed E-state index contributed by atoms with van der Waals surface area (Å²) in [5, 5.41) is 15.7. The number of aliphatic hydroxyl groups excluding tert-OH is 1. The smallest absolute Gasteiger partial charge is 0.272 e. The first-order valence-electron chi connectivity index (χ1n) is 9.33. The number of β-amino-alcohol motifs (C(OH)–C–C–N with tert-alkyl or cyclic N) is 1. The number of hydrogen-bond acceptors (Lipinski definition) is 6. The van der Waals surface area contributed by atoms with Crippen molar-refractivity contribution in [1.82, 2.24) is 15.3 Å². The topological polar surface area (TPSA) is 87.6 Å². The van der Waals surface area contributed by atoms with Gasteiger partial charge in [-0.1, -0.05) is 0 Å². The molecule has 27 heavy (non-hydrogen) atoms. The minimum Gasteiger partial charge on any atom is -0.477 e. The van der Waals surface area contributed by atoms with Crippen LogP contribution in [0, 0.1) is 5.92 Å². The molecule has 1 amide bonds. The van der Waals surface area contributed by atoms with Gasteiger partial charge in [-0.15, -0.1) is 0 Å². The Morgan fingerprint density at radius 3 is 2.89 bits per heavy atom. The Hall–Kier alpha value is -2.19. The van der Waals surface area contributed by atoms with E-state index in [-0.39, 0.29) is 22.5 Å². The Kier molecular flexibility index (Phi) is 5.27. The van der Waals surface area contributed by atoms with Gasteiger partial charge in [-0.3, -0.25) is 4.79 Å². The summed E-state index contributed by atoms with van der Waals surface area (Å²) in [4.78, 5) is 23.6. The molecule has 144 valence electrons. The normalized spacial score (nSPS) is 17.6. The van der Waals surface area contributed by atoms with Crippen molar-refractivity contribution >= 4 is 22.1 Å². The highest BCUT2D eigenvalue weighted by molar-refractivity contribution is 7.27. The summed E-state index contributed by atoms with van der Waals surface area (Å²) >= 11 is 0. The van der Waals surface area contributed by atoms with Crippen LogP contribution in [0.3, 0.4) is 0 Å². The van der Waals surface area contributed by atoms with E-state index in [0.29, 0.717) is 43.7 Å². The third-order valence-electron chi connectivity index (χ3n) is 4.91. The highest BCUT2D eigenvalue weighted by Crippen LogP contribution is 2.30. The molecule has 2 aromatic heterocycles. The first-order valence-corrected chi connectivity index (χ1v) is 11.0. The minimum atomic E-state index is -0.345. The molecule has 0 spiro atoms. The van der Waals surface area contributed by atoms with Crippen LogP contribution in [0.2, 0.25) is 0 Å². The molecule has 0 radical (unpaired) electrons. The number of thiazole rings is 1. The van der Waals surface area contributed by atoms with Crippen LogP contribution in [0.4, 0.5) is 5.69 Å². The fourth-order valence-corrected chi connectivity index (χ4v) is 4.09. The van der Waals surface area contributed by atoms with E-state index in [0.717, 1.165) is 17.1 Å². The van der Waals surface area contributed by atoms with Crippen molar-refractivity contribution in [1.29, 1.82) is 0 Å². The molecule has 1 unspecified atom stereocenters. The summed E-state index contributed by atoms with van der Waals surface area (Å²) in [6.45, 7) is 2.21. The summed E-state index contributed by atoms with van der Waals surface area (Å²) < 4.78 is 5.74. The Labute approximate surface area is 161 Å². The highest BCUT2D eigenvalue weighted by Gasteiger charge is 2.29. The lowest BCUT2D eigenvalue weighted by Crippen LogP contribution is -2.51. The molecule has 2 N–H and O–H groups in total. The van der Waals surface area contributed by atoms with E-state index in [2.05, 4.69) is 26.9 Å². The molecule has 2 fully saturated rings. The fourth-order valence-electron chi connectivity index (χ4n) is 3.04. The highest BCUT2D eigenvalue weighted by atomic mass is 32.2. The quantitative estimate of drug-likeness (QED) is 0.669. The van der Waals surface area contributed by atoms with Crippen LogP contribution in [0.5, 0.6) is 5.88 Å². The van der Waals surface area contributed by atoms with Crippen molar-refractivity contribution in [2.24, 2.45) is 12.2 Å². The lowest BCUT2D eigenvalue weighted by Gasteiger charge is -2.38. The predicted molar refractivity (Wildman–Crippen MR) is 104 cm³/mol. The number of carbonyl (C=O) groups excluding carboxylic acids is 1. The van der Waals surface area contributed by atoms with Gasteiger partial charge < -0.3 is 20.1 Å². The lowest BCUT2D eigenvalue weighted by molar-refractivity contribution is 0.0946. The van der Waals surface area contributed by atoms with Gasteiger partial charge in [0.15, 0.2) is 11.1 Å². The van der Waals surface area contributed by atoms with E-state index in [9.17, 15) is 9.90 Å². The number of carbonyl (C=O) groups is 1. The van der Waals surface area contributed by atoms with Crippen LogP contribution in [0.25, 0.3) is 0 Å². The number of nitrogens with one attached hydrogen (secondary N) is 1. The molecule has 1 saturated carbocycles. The maximum absolute atomic E-state index is 12.8. The number of rotatable bonds is 8. The number of hydrogen-bond donors (Lipinski definition) is 2. The van der Waals surface area contributed by atoms with Crippen LogP contribution in [-0.2, 0) is 12.7 Å². The molecule has 2 aromatic rings. The summed E-state index contributed by atoms with van der Waals surface area (Å²) in [5.41, 5.74) is 1.10. The van der Waals surface area contributed by atoms with Gasteiger partial charge in [0.25, 0.3) is 5.91 Å². The second-order valence-corrected chi connectivity index (χ2v) is 9.06. The summed E-state index contributed by atoms with van der Waals surface area (Å²) in [6.07, 6.45) is 6.75. The maximum Gasteiger partial charge on any atom is 0.272 e. The number of nitrogens with zero attached hydrogens (tertiary/aromatic N) is 3. The molecule has 8 heteroatoms. The number of amides is 1. The first-order chi connectivity index (χ1) is 13.1. The molecule has 7 nitrogen and oxygen atoms in total. The number of aliphatic hydroxyl groups is 1. The molecular weight excluding hydrogens is 364 g/mol. The molecule has 0 bridgehead atoms. The number of anilines is 1. The van der Waals surface area contributed by atoms with Crippen molar-refractivity contribution in [3.63, 3.8) is 0 Å². The standard InChI is InChI=1S/C19H24N4O3S/c1-27-9-8-20-17(27)6-7-21-19(25)18-15(23-10-14(24)11-23)4-5-16(22-18)26-12-13-2-3-13/h4-5,8-9,13-14,24H,2-3,6-7,10-12H2,1H3/p+1. The van der Waals surface area contributed by atoms with Gasteiger partial charge in [0.1, 0.15) is 6.26 Å². The Bertz CT molecular complexity index is 815. The van der Waals surface area contributed by atoms with Crippen LogP contribution in [-0.4, -0.2) is 53.3 Å². The third-order valence-corrected chi connectivity index (χ3v) is 6.49. The molecule has 1 aliphatic heterocycles. The summed E-state index contributed by atoms with van der Waals surface area (Å²) in [6, 6.07) is 3.67. The van der Waals surface area contributed by atoms with Crippen molar-refractivity contribution in [2.45, 2.75) is 25.4 Å². The van der Waals surface area contributed by atoms with E-state index < -0.39 is 0 Å². The third kappa shape index (κ3) is 4.39. The van der Waals surface area contributed by atoms with E-state index in [1.165, 1.54) is 12.8 Å². The van der Waals surface area contributed by atoms with E-state index in [4.69, 9.17) is 4.74 Å². The van der Waals surface area contributed by atoms with Crippen LogP contribution in [0.1, 0.15) is 28.3 Å². The number of ether oxygens (including phenoxy) is 1. The number of aryl methyl sites for hydroxylation is 1. The fraction of sp³-hybridized carbons (Fsp3) is 0.526. The molecule has 1 atom stereocenters. The average Bonchev–Trinajstić information content (AvgIpc) is 3.39. The minimum absolute atomic E-state index is 0.0636. The molecular formula is C19H25N4O3S+. The van der Waals surface area contributed by atoms with E-state index >= 15 is 0 Å². The predicted octanol–water partition coefficient (Wildman–Crippen LogP) is 1.70. The SMILES string of the molecule is C[s+]1ccnc1CCNC(=O)c1nc(OCC2CC2)ccc1N1CC(O)C1. The molecule has 1 saturated heterocycles. The Balaban J connectivity index is 1.44. The second kappa shape index (κ2) is 7.82. The molecule has 4 rings (SSSR count). The monoisotopic (exact) mass is 389 g/mol. The van der Waals surface area contributed by atoms with Crippen molar-refractivity contribution in [2.75, 3.05) is 31.1 Å². The lowest BCUT2D eigenvalue weighted by atomic mass is 10.1. The van der Waals surface area contributed by atoms with Crippen LogP contribution >= 0.6 is 10.5 Å². The molecule has 3 heterocycles. The van der Waals surface area contributed by atoms with Gasteiger partial charge in [0.2, 0.25) is 10.9 Å². The Morgan fingerprint density at radius 1 is 1.41 bits per heavy atom. The first kappa shape index (κ1) is 18.2. The zero-order valence-electron chi connectivity index (χ0n) is 15.4. The van der Waals surface area contributed by atoms with Crippen molar-refractivity contribution < 1.29 is 14.6 Å². The van der Waals surface area contributed by atoms with Gasteiger partial charge in [0.05, 0.1) is 31.0 Å². The summed E-state index contributed by atoms with van der Waals surface area (Å²) in [5.74, 6) is 0.889. The zero-order chi connectivity index (χ0) is 18.8. The summed E-state index contributed by atoms with van der Waals surface area (Å²) in [7, 11) is 0.0636. The number of pyridine rings is 1. The van der Waals surface area contributed by atoms with Crippen LogP contribution in [0.15, 0.2) is 23.7 Å². The van der Waals surface area contributed by atoms with Gasteiger partial charge in [-0.2, -0.15) is 0 Å². The Morgan fingerprint density at radius 2 is 2.22 bits per heavy atom. The van der Waals surface area contributed by atoms with Gasteiger partial charge in [-0.25, -0.2) is 9.97 Å². The van der Waals surface area contributed by atoms with Crippen LogP contribution < -0.4 is 15.0 Å². The molecule has 0 aromatic carbocycles. The van der Waals surface area contributed by atoms with E-state index in [1.807, 2.05) is 17.2 Å². The van der Waals surface area contributed by atoms with Gasteiger partial charge >= 0.3 is 0 Å². The molecule has 2 aliphatic rings. The second-order valence-electron chi connectivity index (χ2n) is 7.20. The van der Waals surface area contributed by atoms with Crippen molar-refractivity contribution in [3.8, 4) is 5.88 Å². The zero-order valence-corrected chi connectivity index (χ0v) is 16.2. The van der Waals surface area contributed by atoms with Crippen molar-refractivity contribution in [3.05, 3.63) is 34.4 Å². The van der Waals surface area contributed by atoms with Gasteiger partial charge in [-0.05, 0) is 35.3 Å². The average molecular weight is 390 g/mol. The maximum atomic E-state index is 12.8. The van der Waals surface area contributed by atoms with E-state index in [1.54, 1.807) is 6.07 Å². The van der Waals surface area contributed by atoms with Gasteiger partial charge in [0, 0.05) is 25.7 Å². The number of aromatic nitrogens is 2. The molecule has 1 aliphatic carbocycles.